The Bertz CT molecular complexity index is 361. The minimum absolute atomic E-state index is 0.356. The summed E-state index contributed by atoms with van der Waals surface area (Å²) < 4.78 is 0. The molecular formula is C13H18O2. The van der Waals surface area contributed by atoms with E-state index in [0.717, 1.165) is 25.2 Å². The highest BCUT2D eigenvalue weighted by Crippen LogP contribution is 2.67. The summed E-state index contributed by atoms with van der Waals surface area (Å²) in [4.78, 5) is 11.3. The van der Waals surface area contributed by atoms with Crippen LogP contribution in [-0.4, -0.2) is 11.1 Å². The maximum absolute atomic E-state index is 11.3. The van der Waals surface area contributed by atoms with E-state index in [2.05, 4.69) is 19.9 Å². The summed E-state index contributed by atoms with van der Waals surface area (Å²) in [6, 6.07) is 0. The van der Waals surface area contributed by atoms with E-state index in [1.54, 1.807) is 0 Å². The van der Waals surface area contributed by atoms with Crippen LogP contribution in [0, 0.1) is 22.7 Å². The largest absolute Gasteiger partial charge is 0.481 e. The van der Waals surface area contributed by atoms with Gasteiger partial charge in [0.2, 0.25) is 0 Å². The molecule has 0 aliphatic heterocycles. The first-order chi connectivity index (χ1) is 6.98. The van der Waals surface area contributed by atoms with Crippen molar-refractivity contribution in [3.05, 3.63) is 11.6 Å². The van der Waals surface area contributed by atoms with Crippen LogP contribution in [-0.2, 0) is 4.79 Å². The maximum atomic E-state index is 11.3. The number of fused-ring (bicyclic) bond motifs is 1. The van der Waals surface area contributed by atoms with Crippen LogP contribution in [0.3, 0.4) is 0 Å². The molecule has 2 atom stereocenters. The summed E-state index contributed by atoms with van der Waals surface area (Å²) in [5.41, 5.74) is 1.19. The molecule has 2 unspecified atom stereocenters. The molecule has 0 aromatic rings. The molecule has 2 nitrogen and oxygen atoms in total. The lowest BCUT2D eigenvalue weighted by Gasteiger charge is -2.57. The van der Waals surface area contributed by atoms with Crippen molar-refractivity contribution >= 4 is 5.97 Å². The number of carbonyl (C=O) groups is 1. The lowest BCUT2D eigenvalue weighted by molar-refractivity contribution is -0.143. The van der Waals surface area contributed by atoms with Crippen LogP contribution < -0.4 is 0 Å². The lowest BCUT2D eigenvalue weighted by Crippen LogP contribution is -2.50. The van der Waals surface area contributed by atoms with Gasteiger partial charge in [-0.1, -0.05) is 25.5 Å². The van der Waals surface area contributed by atoms with Crippen LogP contribution >= 0.6 is 0 Å². The monoisotopic (exact) mass is 206 g/mol. The van der Waals surface area contributed by atoms with Crippen molar-refractivity contribution in [1.82, 2.24) is 0 Å². The van der Waals surface area contributed by atoms with Crippen LogP contribution in [0.2, 0.25) is 0 Å². The van der Waals surface area contributed by atoms with E-state index in [1.165, 1.54) is 12.0 Å². The van der Waals surface area contributed by atoms with E-state index in [-0.39, 0.29) is 0 Å². The Labute approximate surface area is 90.4 Å². The second kappa shape index (κ2) is 2.47. The van der Waals surface area contributed by atoms with Crippen LogP contribution in [0.25, 0.3) is 0 Å². The smallest absolute Gasteiger partial charge is 0.313 e. The van der Waals surface area contributed by atoms with E-state index in [9.17, 15) is 9.90 Å². The fraction of sp³-hybridized carbons (Fsp3) is 0.769. The fourth-order valence-electron chi connectivity index (χ4n) is 3.64. The Morgan fingerprint density at radius 1 is 1.47 bits per heavy atom. The third-order valence-electron chi connectivity index (χ3n) is 5.18. The van der Waals surface area contributed by atoms with Gasteiger partial charge in [-0.15, -0.1) is 0 Å². The average molecular weight is 206 g/mol. The molecule has 0 saturated heterocycles. The second-order valence-corrected chi connectivity index (χ2v) is 6.09. The Morgan fingerprint density at radius 2 is 2.13 bits per heavy atom. The predicted molar refractivity (Wildman–Crippen MR) is 57.4 cm³/mol. The fourth-order valence-corrected chi connectivity index (χ4v) is 3.64. The quantitative estimate of drug-likeness (QED) is 0.705. The van der Waals surface area contributed by atoms with Gasteiger partial charge in [0.1, 0.15) is 0 Å². The van der Waals surface area contributed by atoms with Crippen molar-refractivity contribution in [2.45, 2.75) is 39.5 Å². The van der Waals surface area contributed by atoms with Gasteiger partial charge in [-0.25, -0.2) is 0 Å². The first-order valence-electron chi connectivity index (χ1n) is 5.92. The zero-order valence-corrected chi connectivity index (χ0v) is 9.42. The third kappa shape index (κ3) is 0.977. The standard InChI is InChI=1S/C13H18O2/c1-12(2)8-3-4-9(10(12)7-8)13(5-6-13)11(14)15/h4,8,10H,3,5-7H2,1-2H3,(H,14,15). The molecule has 0 heterocycles. The number of hydrogen-bond donors (Lipinski definition) is 1. The highest BCUT2D eigenvalue weighted by molar-refractivity contribution is 5.82. The van der Waals surface area contributed by atoms with Gasteiger partial charge in [0.05, 0.1) is 5.41 Å². The van der Waals surface area contributed by atoms with Crippen molar-refractivity contribution in [2.75, 3.05) is 0 Å². The van der Waals surface area contributed by atoms with Gasteiger partial charge in [0.25, 0.3) is 0 Å². The molecular weight excluding hydrogens is 188 g/mol. The minimum atomic E-state index is -0.588. The molecule has 2 heteroatoms. The summed E-state index contributed by atoms with van der Waals surface area (Å²) in [7, 11) is 0. The summed E-state index contributed by atoms with van der Waals surface area (Å²) in [6.45, 7) is 4.60. The maximum Gasteiger partial charge on any atom is 0.313 e. The molecule has 0 radical (unpaired) electrons. The third-order valence-corrected chi connectivity index (χ3v) is 5.18. The Balaban J connectivity index is 1.95. The number of hydrogen-bond acceptors (Lipinski definition) is 1. The van der Waals surface area contributed by atoms with E-state index < -0.39 is 11.4 Å². The molecule has 4 rings (SSSR count). The Hall–Kier alpha value is -0.790. The number of allylic oxidation sites excluding steroid dienone is 1. The Morgan fingerprint density at radius 3 is 2.53 bits per heavy atom. The Kier molecular flexibility index (Phi) is 1.56. The predicted octanol–water partition coefficient (Wildman–Crippen LogP) is 2.84. The SMILES string of the molecule is CC1(C)C2CC=C(C3(C(=O)O)CC3)C1C2. The van der Waals surface area contributed by atoms with Gasteiger partial charge in [-0.05, 0) is 42.9 Å². The molecule has 0 aromatic carbocycles. The summed E-state index contributed by atoms with van der Waals surface area (Å²) in [5.74, 6) is 0.764. The normalized spacial score (nSPS) is 38.9. The number of aliphatic carboxylic acids is 1. The van der Waals surface area contributed by atoms with E-state index in [0.29, 0.717) is 11.3 Å². The second-order valence-electron chi connectivity index (χ2n) is 6.09. The molecule has 4 aliphatic carbocycles. The molecule has 2 saturated carbocycles. The van der Waals surface area contributed by atoms with E-state index >= 15 is 0 Å². The van der Waals surface area contributed by atoms with Gasteiger partial charge in [0.15, 0.2) is 0 Å². The zero-order valence-electron chi connectivity index (χ0n) is 9.42. The molecule has 0 spiro atoms. The highest BCUT2D eigenvalue weighted by atomic mass is 16.4. The van der Waals surface area contributed by atoms with Crippen molar-refractivity contribution < 1.29 is 9.90 Å². The number of carboxylic acids is 1. The first-order valence-corrected chi connectivity index (χ1v) is 5.92. The molecule has 0 aromatic heterocycles. The topological polar surface area (TPSA) is 37.3 Å². The average Bonchev–Trinajstić information content (AvgIpc) is 2.98. The van der Waals surface area contributed by atoms with Crippen molar-refractivity contribution in [3.8, 4) is 0 Å². The van der Waals surface area contributed by atoms with Gasteiger partial charge >= 0.3 is 5.97 Å². The summed E-state index contributed by atoms with van der Waals surface area (Å²) in [6.07, 6.45) is 6.31. The molecule has 1 N–H and O–H groups in total. The molecule has 4 aliphatic rings. The van der Waals surface area contributed by atoms with Gasteiger partial charge in [-0.3, -0.25) is 4.79 Å². The van der Waals surface area contributed by atoms with Gasteiger partial charge in [-0.2, -0.15) is 0 Å². The zero-order chi connectivity index (χ0) is 10.8. The van der Waals surface area contributed by atoms with Gasteiger partial charge in [0, 0.05) is 0 Å². The summed E-state index contributed by atoms with van der Waals surface area (Å²) >= 11 is 0. The van der Waals surface area contributed by atoms with Crippen LogP contribution in [0.4, 0.5) is 0 Å². The highest BCUT2D eigenvalue weighted by Gasteiger charge is 2.62. The molecule has 15 heavy (non-hydrogen) atoms. The van der Waals surface area contributed by atoms with Crippen molar-refractivity contribution in [1.29, 1.82) is 0 Å². The molecule has 82 valence electrons. The molecule has 2 fully saturated rings. The van der Waals surface area contributed by atoms with Gasteiger partial charge < -0.3 is 5.11 Å². The van der Waals surface area contributed by atoms with Crippen molar-refractivity contribution in [3.63, 3.8) is 0 Å². The van der Waals surface area contributed by atoms with E-state index in [4.69, 9.17) is 0 Å². The van der Waals surface area contributed by atoms with Crippen molar-refractivity contribution in [2.24, 2.45) is 22.7 Å². The lowest BCUT2D eigenvalue weighted by atomic mass is 9.47. The first kappa shape index (κ1) is 9.44. The molecule has 2 bridgehead atoms. The van der Waals surface area contributed by atoms with E-state index in [1.807, 2.05) is 0 Å². The van der Waals surface area contributed by atoms with Crippen LogP contribution in [0.5, 0.6) is 0 Å². The number of rotatable bonds is 2. The molecule has 0 amide bonds. The van der Waals surface area contributed by atoms with Crippen LogP contribution in [0.1, 0.15) is 39.5 Å². The minimum Gasteiger partial charge on any atom is -0.481 e. The summed E-state index contributed by atoms with van der Waals surface area (Å²) in [5, 5.41) is 9.32. The van der Waals surface area contributed by atoms with Crippen LogP contribution in [0.15, 0.2) is 11.6 Å². The number of carboxylic acid groups (broad SMARTS) is 1.